The van der Waals surface area contributed by atoms with Crippen molar-refractivity contribution in [1.29, 1.82) is 0 Å². The van der Waals surface area contributed by atoms with Gasteiger partial charge < -0.3 is 16.6 Å². The van der Waals surface area contributed by atoms with Gasteiger partial charge in [-0.3, -0.25) is 19.1 Å². The quantitative estimate of drug-likeness (QED) is 0.633. The van der Waals surface area contributed by atoms with E-state index < -0.39 is 23.4 Å². The highest BCUT2D eigenvalue weighted by Crippen LogP contribution is 2.30. The SMILES string of the molecule is CC(C)(C)N(CC(=O)n1c2ccccc2c2cc(C(N)=O)c(N)nc21)C(=O)O. The third-order valence-corrected chi connectivity index (χ3v) is 4.53. The molecule has 0 radical (unpaired) electrons. The van der Waals surface area contributed by atoms with Gasteiger partial charge in [0.2, 0.25) is 0 Å². The molecule has 0 aliphatic heterocycles. The number of para-hydroxylation sites is 1. The first-order chi connectivity index (χ1) is 13.0. The molecule has 28 heavy (non-hydrogen) atoms. The van der Waals surface area contributed by atoms with Gasteiger partial charge in [-0.05, 0) is 32.9 Å². The molecule has 0 fully saturated rings. The maximum absolute atomic E-state index is 13.1. The first-order valence-electron chi connectivity index (χ1n) is 8.55. The zero-order chi connectivity index (χ0) is 20.8. The van der Waals surface area contributed by atoms with Gasteiger partial charge in [-0.25, -0.2) is 9.78 Å². The molecule has 0 aliphatic carbocycles. The summed E-state index contributed by atoms with van der Waals surface area (Å²) in [7, 11) is 0. The number of anilines is 1. The number of carbonyl (C=O) groups is 3. The Labute approximate surface area is 160 Å². The van der Waals surface area contributed by atoms with Crippen molar-refractivity contribution in [2.24, 2.45) is 5.73 Å². The van der Waals surface area contributed by atoms with Crippen LogP contribution in [-0.2, 0) is 0 Å². The maximum Gasteiger partial charge on any atom is 0.408 e. The van der Waals surface area contributed by atoms with Gasteiger partial charge in [0, 0.05) is 16.3 Å². The average molecular weight is 383 g/mol. The van der Waals surface area contributed by atoms with Crippen LogP contribution in [0.5, 0.6) is 0 Å². The molecule has 2 heterocycles. The van der Waals surface area contributed by atoms with Crippen molar-refractivity contribution in [2.75, 3.05) is 12.3 Å². The number of primary amides is 1. The molecule has 0 unspecified atom stereocenters. The van der Waals surface area contributed by atoms with Gasteiger partial charge in [-0.15, -0.1) is 0 Å². The number of hydrogen-bond donors (Lipinski definition) is 3. The van der Waals surface area contributed by atoms with E-state index in [4.69, 9.17) is 11.5 Å². The van der Waals surface area contributed by atoms with Gasteiger partial charge in [-0.2, -0.15) is 0 Å². The molecule has 1 aromatic carbocycles. The van der Waals surface area contributed by atoms with Crippen LogP contribution in [0.1, 0.15) is 35.9 Å². The van der Waals surface area contributed by atoms with Crippen LogP contribution in [-0.4, -0.2) is 49.5 Å². The van der Waals surface area contributed by atoms with E-state index in [9.17, 15) is 19.5 Å². The molecular formula is C19H21N5O4. The number of pyridine rings is 1. The van der Waals surface area contributed by atoms with Gasteiger partial charge in [-0.1, -0.05) is 18.2 Å². The number of nitrogens with two attached hydrogens (primary N) is 2. The summed E-state index contributed by atoms with van der Waals surface area (Å²) in [5, 5.41) is 10.7. The summed E-state index contributed by atoms with van der Waals surface area (Å²) in [6.07, 6.45) is -1.20. The highest BCUT2D eigenvalue weighted by molar-refractivity contribution is 6.15. The topological polar surface area (TPSA) is 145 Å². The van der Waals surface area contributed by atoms with Crippen LogP contribution in [0.2, 0.25) is 0 Å². The number of nitrogens with zero attached hydrogens (tertiary/aromatic N) is 3. The highest BCUT2D eigenvalue weighted by Gasteiger charge is 2.30. The second-order valence-electron chi connectivity index (χ2n) is 7.44. The summed E-state index contributed by atoms with van der Waals surface area (Å²) in [6.45, 7) is 4.74. The average Bonchev–Trinajstić information content (AvgIpc) is 2.90. The molecule has 3 aromatic rings. The predicted octanol–water partition coefficient (Wildman–Crippen LogP) is 2.29. The standard InChI is InChI=1S/C19H21N5O4/c1-19(2,3)23(18(27)28)9-14(25)24-13-7-5-4-6-10(13)11-8-12(16(21)26)15(20)22-17(11)24/h4-8H,9H2,1-3H3,(H2,20,22)(H2,21,26)(H,27,28). The fourth-order valence-corrected chi connectivity index (χ4v) is 3.14. The molecule has 5 N–H and O–H groups in total. The van der Waals surface area contributed by atoms with Crippen LogP contribution in [0, 0.1) is 0 Å². The van der Waals surface area contributed by atoms with E-state index in [2.05, 4.69) is 4.98 Å². The Hall–Kier alpha value is -3.62. The second kappa shape index (κ2) is 6.52. The van der Waals surface area contributed by atoms with E-state index in [1.807, 2.05) is 0 Å². The van der Waals surface area contributed by atoms with Crippen LogP contribution in [0.3, 0.4) is 0 Å². The minimum Gasteiger partial charge on any atom is -0.465 e. The number of fused-ring (bicyclic) bond motifs is 3. The molecule has 3 rings (SSSR count). The smallest absolute Gasteiger partial charge is 0.408 e. The van der Waals surface area contributed by atoms with Crippen molar-refractivity contribution in [3.8, 4) is 0 Å². The maximum atomic E-state index is 13.1. The molecule has 0 spiro atoms. The summed E-state index contributed by atoms with van der Waals surface area (Å²) in [5.74, 6) is -1.30. The van der Waals surface area contributed by atoms with E-state index in [1.54, 1.807) is 45.0 Å². The molecule has 0 saturated heterocycles. The van der Waals surface area contributed by atoms with Crippen LogP contribution >= 0.6 is 0 Å². The Bertz CT molecular complexity index is 1130. The normalized spacial score (nSPS) is 11.7. The number of amides is 2. The van der Waals surface area contributed by atoms with Gasteiger partial charge in [0.1, 0.15) is 18.0 Å². The van der Waals surface area contributed by atoms with Crippen LogP contribution in [0.4, 0.5) is 10.6 Å². The van der Waals surface area contributed by atoms with E-state index in [1.165, 1.54) is 10.6 Å². The largest absolute Gasteiger partial charge is 0.465 e. The first kappa shape index (κ1) is 19.2. The van der Waals surface area contributed by atoms with Crippen molar-refractivity contribution in [2.45, 2.75) is 26.3 Å². The monoisotopic (exact) mass is 383 g/mol. The Morgan fingerprint density at radius 1 is 1.18 bits per heavy atom. The Balaban J connectivity index is 2.24. The third-order valence-electron chi connectivity index (χ3n) is 4.53. The lowest BCUT2D eigenvalue weighted by Gasteiger charge is -2.32. The molecule has 146 valence electrons. The molecular weight excluding hydrogens is 362 g/mol. The third kappa shape index (κ3) is 3.11. The van der Waals surface area contributed by atoms with E-state index >= 15 is 0 Å². The number of carboxylic acid groups (broad SMARTS) is 1. The zero-order valence-electron chi connectivity index (χ0n) is 15.8. The van der Waals surface area contributed by atoms with Crippen LogP contribution in [0.25, 0.3) is 21.9 Å². The number of aromatic nitrogens is 2. The summed E-state index contributed by atoms with van der Waals surface area (Å²) >= 11 is 0. The molecule has 0 saturated carbocycles. The van der Waals surface area contributed by atoms with Crippen LogP contribution in [0.15, 0.2) is 30.3 Å². The molecule has 2 aromatic heterocycles. The fraction of sp³-hybridized carbons (Fsp3) is 0.263. The summed E-state index contributed by atoms with van der Waals surface area (Å²) < 4.78 is 1.33. The molecule has 0 atom stereocenters. The molecule has 0 aliphatic rings. The zero-order valence-corrected chi connectivity index (χ0v) is 15.8. The van der Waals surface area contributed by atoms with Crippen molar-refractivity contribution in [1.82, 2.24) is 14.5 Å². The summed E-state index contributed by atoms with van der Waals surface area (Å²) in [6, 6.07) is 8.54. The molecule has 0 bridgehead atoms. The minimum absolute atomic E-state index is 0.0599. The molecule has 9 heteroatoms. The van der Waals surface area contributed by atoms with Crippen molar-refractivity contribution >= 4 is 45.7 Å². The Kier molecular flexibility index (Phi) is 4.46. The second-order valence-corrected chi connectivity index (χ2v) is 7.44. The lowest BCUT2D eigenvalue weighted by atomic mass is 10.1. The van der Waals surface area contributed by atoms with Crippen LogP contribution < -0.4 is 11.5 Å². The van der Waals surface area contributed by atoms with Crippen molar-refractivity contribution in [3.63, 3.8) is 0 Å². The number of carbonyl (C=O) groups excluding carboxylic acids is 2. The highest BCUT2D eigenvalue weighted by atomic mass is 16.4. The van der Waals surface area contributed by atoms with Gasteiger partial charge in [0.05, 0.1) is 11.1 Å². The van der Waals surface area contributed by atoms with Gasteiger partial charge >= 0.3 is 6.09 Å². The number of rotatable bonds is 3. The lowest BCUT2D eigenvalue weighted by Crippen LogP contribution is -2.48. The molecule has 9 nitrogen and oxygen atoms in total. The Morgan fingerprint density at radius 2 is 1.82 bits per heavy atom. The molecule has 2 amide bonds. The minimum atomic E-state index is -1.20. The number of hydrogen-bond acceptors (Lipinski definition) is 5. The Morgan fingerprint density at radius 3 is 2.39 bits per heavy atom. The fourth-order valence-electron chi connectivity index (χ4n) is 3.14. The van der Waals surface area contributed by atoms with E-state index in [-0.39, 0.29) is 23.6 Å². The van der Waals surface area contributed by atoms with Gasteiger partial charge in [0.15, 0.2) is 0 Å². The summed E-state index contributed by atoms with van der Waals surface area (Å²) in [5.41, 5.74) is 11.3. The predicted molar refractivity (Wildman–Crippen MR) is 105 cm³/mol. The van der Waals surface area contributed by atoms with E-state index in [0.717, 1.165) is 4.90 Å². The van der Waals surface area contributed by atoms with Crippen molar-refractivity contribution < 1.29 is 19.5 Å². The lowest BCUT2D eigenvalue weighted by molar-refractivity contribution is 0.0708. The summed E-state index contributed by atoms with van der Waals surface area (Å²) in [4.78, 5) is 41.6. The van der Waals surface area contributed by atoms with Crippen molar-refractivity contribution in [3.05, 3.63) is 35.9 Å². The van der Waals surface area contributed by atoms with E-state index in [0.29, 0.717) is 16.3 Å². The number of benzene rings is 1. The number of nitrogen functional groups attached to an aromatic ring is 1. The van der Waals surface area contributed by atoms with Gasteiger partial charge in [0.25, 0.3) is 11.8 Å². The first-order valence-corrected chi connectivity index (χ1v) is 8.55.